The molecule has 1 aromatic carbocycles. The SMILES string of the molecule is CC(C)Oc1ccc(S(=O)(=O)N2CCOCC2)cc1NC(=O)CSc1nncn1C1CC1. The summed E-state index contributed by atoms with van der Waals surface area (Å²) in [6.45, 7) is 5.05. The molecule has 4 rings (SSSR count). The number of sulfonamides is 1. The number of anilines is 1. The Labute approximate surface area is 191 Å². The minimum Gasteiger partial charge on any atom is -0.489 e. The molecule has 0 bridgehead atoms. The molecular weight excluding hydrogens is 454 g/mol. The van der Waals surface area contributed by atoms with Gasteiger partial charge in [-0.1, -0.05) is 11.8 Å². The van der Waals surface area contributed by atoms with Crippen LogP contribution in [0.2, 0.25) is 0 Å². The zero-order chi connectivity index (χ0) is 22.7. The Morgan fingerprint density at radius 3 is 2.75 bits per heavy atom. The lowest BCUT2D eigenvalue weighted by Gasteiger charge is -2.26. The fraction of sp³-hybridized carbons (Fsp3) is 0.550. The standard InChI is InChI=1S/C20H27N5O5S2/c1-14(2)30-18-6-5-16(32(27,28)24-7-9-29-10-8-24)11-17(18)22-19(26)12-31-20-23-21-13-25(20)15-3-4-15/h5-6,11,13-15H,3-4,7-10,12H2,1-2H3,(H,22,26). The topological polar surface area (TPSA) is 116 Å². The Hall–Kier alpha value is -2.15. The van der Waals surface area contributed by atoms with Crippen LogP contribution in [0.25, 0.3) is 0 Å². The number of thioether (sulfide) groups is 1. The smallest absolute Gasteiger partial charge is 0.243 e. The van der Waals surface area contributed by atoms with Crippen LogP contribution in [0.1, 0.15) is 32.7 Å². The van der Waals surface area contributed by atoms with Gasteiger partial charge in [-0.3, -0.25) is 4.79 Å². The first-order valence-electron chi connectivity index (χ1n) is 10.6. The largest absolute Gasteiger partial charge is 0.489 e. The number of hydrogen-bond donors (Lipinski definition) is 1. The number of hydrogen-bond acceptors (Lipinski definition) is 8. The van der Waals surface area contributed by atoms with Crippen LogP contribution < -0.4 is 10.1 Å². The van der Waals surface area contributed by atoms with Crippen LogP contribution in [-0.2, 0) is 19.6 Å². The third-order valence-corrected chi connectivity index (χ3v) is 7.86. The van der Waals surface area contributed by atoms with Crippen LogP contribution in [0, 0.1) is 0 Å². The average molecular weight is 482 g/mol. The van der Waals surface area contributed by atoms with Crippen LogP contribution in [0.5, 0.6) is 5.75 Å². The van der Waals surface area contributed by atoms with Gasteiger partial charge in [-0.25, -0.2) is 8.42 Å². The van der Waals surface area contributed by atoms with E-state index < -0.39 is 10.0 Å². The van der Waals surface area contributed by atoms with Crippen LogP contribution in [0.4, 0.5) is 5.69 Å². The van der Waals surface area contributed by atoms with Crippen molar-refractivity contribution in [3.05, 3.63) is 24.5 Å². The van der Waals surface area contributed by atoms with E-state index in [2.05, 4.69) is 15.5 Å². The van der Waals surface area contributed by atoms with E-state index in [9.17, 15) is 13.2 Å². The molecule has 2 aliphatic rings. The molecule has 32 heavy (non-hydrogen) atoms. The van der Waals surface area contributed by atoms with Crippen LogP contribution in [0.3, 0.4) is 0 Å². The summed E-state index contributed by atoms with van der Waals surface area (Å²) in [5.74, 6) is 0.253. The number of rotatable bonds is 9. The second kappa shape index (κ2) is 9.77. The van der Waals surface area contributed by atoms with Gasteiger partial charge in [-0.15, -0.1) is 10.2 Å². The van der Waals surface area contributed by atoms with E-state index in [1.807, 2.05) is 18.4 Å². The Morgan fingerprint density at radius 1 is 1.31 bits per heavy atom. The van der Waals surface area contributed by atoms with E-state index in [1.54, 1.807) is 12.4 Å². The third kappa shape index (κ3) is 5.42. The van der Waals surface area contributed by atoms with Gasteiger partial charge in [-0.05, 0) is 44.9 Å². The number of nitrogens with zero attached hydrogens (tertiary/aromatic N) is 4. The quantitative estimate of drug-likeness (QED) is 0.542. The molecule has 2 fully saturated rings. The van der Waals surface area contributed by atoms with Crippen molar-refractivity contribution in [1.29, 1.82) is 0 Å². The summed E-state index contributed by atoms with van der Waals surface area (Å²) in [5, 5.41) is 11.5. The van der Waals surface area contributed by atoms with E-state index in [-0.39, 0.29) is 22.7 Å². The molecule has 0 unspecified atom stereocenters. The number of amides is 1. The summed E-state index contributed by atoms with van der Waals surface area (Å²) >= 11 is 1.30. The summed E-state index contributed by atoms with van der Waals surface area (Å²) in [6.07, 6.45) is 3.74. The van der Waals surface area contributed by atoms with Crippen molar-refractivity contribution in [3.63, 3.8) is 0 Å². The van der Waals surface area contributed by atoms with Gasteiger partial charge < -0.3 is 19.4 Å². The molecule has 0 spiro atoms. The van der Waals surface area contributed by atoms with Gasteiger partial charge in [0, 0.05) is 19.1 Å². The first-order chi connectivity index (χ1) is 15.3. The molecular formula is C20H27N5O5S2. The predicted molar refractivity (Wildman–Crippen MR) is 119 cm³/mol. The molecule has 1 aliphatic heterocycles. The van der Waals surface area contributed by atoms with E-state index in [4.69, 9.17) is 9.47 Å². The summed E-state index contributed by atoms with van der Waals surface area (Å²) in [5.41, 5.74) is 0.322. The Balaban J connectivity index is 1.50. The van der Waals surface area contributed by atoms with E-state index in [0.717, 1.165) is 12.8 Å². The van der Waals surface area contributed by atoms with Crippen molar-refractivity contribution < 1.29 is 22.7 Å². The number of carbonyl (C=O) groups is 1. The molecule has 1 amide bonds. The lowest BCUT2D eigenvalue weighted by molar-refractivity contribution is -0.113. The van der Waals surface area contributed by atoms with Gasteiger partial charge in [0.25, 0.3) is 0 Å². The molecule has 10 nitrogen and oxygen atoms in total. The Bertz CT molecular complexity index is 1060. The number of morpholine rings is 1. The van der Waals surface area contributed by atoms with Crippen LogP contribution in [0.15, 0.2) is 34.6 Å². The maximum absolute atomic E-state index is 13.0. The minimum absolute atomic E-state index is 0.104. The number of benzene rings is 1. The Kier molecular flexibility index (Phi) is 7.03. The van der Waals surface area contributed by atoms with E-state index >= 15 is 0 Å². The van der Waals surface area contributed by atoms with E-state index in [1.165, 1.54) is 28.2 Å². The molecule has 0 atom stereocenters. The van der Waals surface area contributed by atoms with Crippen LogP contribution in [-0.4, -0.2) is 71.6 Å². The lowest BCUT2D eigenvalue weighted by Crippen LogP contribution is -2.40. The molecule has 1 N–H and O–H groups in total. The van der Waals surface area contributed by atoms with E-state index in [0.29, 0.717) is 48.9 Å². The molecule has 1 saturated carbocycles. The van der Waals surface area contributed by atoms with Gasteiger partial charge in [0.1, 0.15) is 12.1 Å². The van der Waals surface area contributed by atoms with Crippen molar-refractivity contribution in [2.24, 2.45) is 0 Å². The van der Waals surface area contributed by atoms with Crippen molar-refractivity contribution in [1.82, 2.24) is 19.1 Å². The van der Waals surface area contributed by atoms with Gasteiger partial charge in [0.05, 0.1) is 35.7 Å². The highest BCUT2D eigenvalue weighted by Gasteiger charge is 2.28. The second-order valence-corrected chi connectivity index (χ2v) is 10.8. The monoisotopic (exact) mass is 481 g/mol. The minimum atomic E-state index is -3.70. The summed E-state index contributed by atoms with van der Waals surface area (Å²) in [4.78, 5) is 12.8. The van der Waals surface area contributed by atoms with Crippen molar-refractivity contribution in [3.8, 4) is 5.75 Å². The number of carbonyl (C=O) groups excluding carboxylic acids is 1. The highest BCUT2D eigenvalue weighted by atomic mass is 32.2. The lowest BCUT2D eigenvalue weighted by atomic mass is 10.3. The molecule has 2 heterocycles. The first-order valence-corrected chi connectivity index (χ1v) is 13.0. The molecule has 2 aromatic rings. The van der Waals surface area contributed by atoms with Crippen LogP contribution >= 0.6 is 11.8 Å². The molecule has 1 aliphatic carbocycles. The van der Waals surface area contributed by atoms with Crippen molar-refractivity contribution in [2.45, 2.75) is 48.9 Å². The Morgan fingerprint density at radius 2 is 2.06 bits per heavy atom. The summed E-state index contributed by atoms with van der Waals surface area (Å²) < 4.78 is 40.5. The summed E-state index contributed by atoms with van der Waals surface area (Å²) in [6, 6.07) is 4.96. The molecule has 12 heteroatoms. The normalized spacial score (nSPS) is 17.5. The molecule has 1 aromatic heterocycles. The molecule has 174 valence electrons. The van der Waals surface area contributed by atoms with Gasteiger partial charge >= 0.3 is 0 Å². The zero-order valence-electron chi connectivity index (χ0n) is 18.1. The first kappa shape index (κ1) is 23.0. The van der Waals surface area contributed by atoms with Gasteiger partial charge in [0.2, 0.25) is 15.9 Å². The average Bonchev–Trinajstić information content (AvgIpc) is 3.51. The summed E-state index contributed by atoms with van der Waals surface area (Å²) in [7, 11) is -3.70. The fourth-order valence-electron chi connectivity index (χ4n) is 3.31. The van der Waals surface area contributed by atoms with Crippen molar-refractivity contribution in [2.75, 3.05) is 37.4 Å². The van der Waals surface area contributed by atoms with Crippen molar-refractivity contribution >= 4 is 33.4 Å². The van der Waals surface area contributed by atoms with Gasteiger partial charge in [0.15, 0.2) is 5.16 Å². The fourth-order valence-corrected chi connectivity index (χ4v) is 5.53. The predicted octanol–water partition coefficient (Wildman–Crippen LogP) is 2.15. The third-order valence-electron chi connectivity index (χ3n) is 5.01. The maximum atomic E-state index is 13.0. The zero-order valence-corrected chi connectivity index (χ0v) is 19.7. The molecule has 1 saturated heterocycles. The number of aromatic nitrogens is 3. The number of nitrogens with one attached hydrogen (secondary N) is 1. The van der Waals surface area contributed by atoms with Gasteiger partial charge in [-0.2, -0.15) is 4.31 Å². The highest BCUT2D eigenvalue weighted by Crippen LogP contribution is 2.37. The molecule has 0 radical (unpaired) electrons. The maximum Gasteiger partial charge on any atom is 0.243 e. The number of ether oxygens (including phenoxy) is 2. The second-order valence-electron chi connectivity index (χ2n) is 7.93. The highest BCUT2D eigenvalue weighted by molar-refractivity contribution is 7.99.